The van der Waals surface area contributed by atoms with E-state index in [-0.39, 0.29) is 18.0 Å². The maximum absolute atomic E-state index is 13.1. The minimum Gasteiger partial charge on any atom is -0.326 e. The normalized spacial score (nSPS) is 17.0. The van der Waals surface area contributed by atoms with Crippen LogP contribution in [0.15, 0.2) is 18.2 Å². The lowest BCUT2D eigenvalue weighted by molar-refractivity contribution is -0.116. The van der Waals surface area contributed by atoms with E-state index in [0.717, 1.165) is 12.1 Å². The van der Waals surface area contributed by atoms with Gasteiger partial charge in [-0.3, -0.25) is 4.79 Å². The van der Waals surface area contributed by atoms with Crippen molar-refractivity contribution in [2.75, 3.05) is 52.1 Å². The lowest BCUT2D eigenvalue weighted by Crippen LogP contribution is -2.51. The Bertz CT molecular complexity index is 719. The van der Waals surface area contributed by atoms with Gasteiger partial charge in [0, 0.05) is 65.0 Å². The first-order chi connectivity index (χ1) is 11.7. The van der Waals surface area contributed by atoms with Crippen molar-refractivity contribution in [1.29, 1.82) is 0 Å². The number of carbonyl (C=O) groups excluding carboxylic acids is 1. The molecular weight excluding hydrogens is 354 g/mol. The predicted octanol–water partition coefficient (Wildman–Crippen LogP) is 0.717. The second-order valence-corrected chi connectivity index (χ2v) is 8.10. The van der Waals surface area contributed by atoms with Crippen molar-refractivity contribution in [3.05, 3.63) is 29.8 Å². The molecule has 1 N–H and O–H groups in total. The molecule has 1 amide bonds. The molecule has 0 unspecified atom stereocenters. The summed E-state index contributed by atoms with van der Waals surface area (Å²) in [5.41, 5.74) is 0.200. The van der Waals surface area contributed by atoms with E-state index in [9.17, 15) is 22.0 Å². The van der Waals surface area contributed by atoms with E-state index in [1.54, 1.807) is 0 Å². The Hall–Kier alpha value is -1.62. The average Bonchev–Trinajstić information content (AvgIpc) is 2.56. The van der Waals surface area contributed by atoms with Crippen molar-refractivity contribution in [2.45, 2.75) is 6.42 Å². The van der Waals surface area contributed by atoms with Gasteiger partial charge in [0.2, 0.25) is 5.91 Å². The summed E-state index contributed by atoms with van der Waals surface area (Å²) in [6, 6.07) is 3.18. The Morgan fingerprint density at radius 3 is 2.36 bits per heavy atom. The second kappa shape index (κ2) is 8.17. The number of halogens is 2. The highest BCUT2D eigenvalue weighted by molar-refractivity contribution is 7.86. The molecule has 1 fully saturated rings. The van der Waals surface area contributed by atoms with Gasteiger partial charge in [-0.1, -0.05) is 0 Å². The van der Waals surface area contributed by atoms with Gasteiger partial charge in [-0.2, -0.15) is 17.0 Å². The zero-order valence-electron chi connectivity index (χ0n) is 14.2. The zero-order valence-corrected chi connectivity index (χ0v) is 15.0. The van der Waals surface area contributed by atoms with Crippen molar-refractivity contribution in [3.63, 3.8) is 0 Å². The fourth-order valence-corrected chi connectivity index (χ4v) is 3.56. The van der Waals surface area contributed by atoms with E-state index >= 15 is 0 Å². The summed E-state index contributed by atoms with van der Waals surface area (Å²) in [5, 5.41) is 2.51. The summed E-state index contributed by atoms with van der Waals surface area (Å²) < 4.78 is 52.6. The van der Waals surface area contributed by atoms with Gasteiger partial charge in [-0.15, -0.1) is 0 Å². The first kappa shape index (κ1) is 19.7. The van der Waals surface area contributed by atoms with Crippen LogP contribution in [0, 0.1) is 11.6 Å². The number of benzene rings is 1. The van der Waals surface area contributed by atoms with Crippen LogP contribution in [0.2, 0.25) is 0 Å². The molecule has 1 heterocycles. The van der Waals surface area contributed by atoms with Crippen molar-refractivity contribution < 1.29 is 22.0 Å². The number of amides is 1. The second-order valence-electron chi connectivity index (χ2n) is 5.96. The fraction of sp³-hybridized carbons (Fsp3) is 0.533. The Labute approximate surface area is 146 Å². The Morgan fingerprint density at radius 2 is 1.80 bits per heavy atom. The van der Waals surface area contributed by atoms with E-state index in [1.807, 2.05) is 4.90 Å². The number of nitrogens with zero attached hydrogens (tertiary/aromatic N) is 3. The van der Waals surface area contributed by atoms with Crippen LogP contribution < -0.4 is 5.32 Å². The van der Waals surface area contributed by atoms with Gasteiger partial charge >= 0.3 is 0 Å². The summed E-state index contributed by atoms with van der Waals surface area (Å²) in [5.74, 6) is -2.30. The van der Waals surface area contributed by atoms with Crippen LogP contribution in [0.1, 0.15) is 6.42 Å². The van der Waals surface area contributed by atoms with Gasteiger partial charge in [0.1, 0.15) is 0 Å². The minimum atomic E-state index is -3.41. The Balaban J connectivity index is 1.77. The molecule has 0 radical (unpaired) electrons. The van der Waals surface area contributed by atoms with E-state index in [0.29, 0.717) is 32.7 Å². The molecule has 10 heteroatoms. The summed E-state index contributed by atoms with van der Waals surface area (Å²) in [7, 11) is -0.428. The lowest BCUT2D eigenvalue weighted by Gasteiger charge is -2.34. The van der Waals surface area contributed by atoms with Gasteiger partial charge < -0.3 is 10.2 Å². The Morgan fingerprint density at radius 1 is 1.16 bits per heavy atom. The SMILES string of the molecule is CN(C)S(=O)(=O)N1CCN(CCC(=O)Nc2ccc(F)c(F)c2)CC1. The molecule has 1 saturated heterocycles. The van der Waals surface area contributed by atoms with Crippen LogP contribution in [0.25, 0.3) is 0 Å². The molecule has 1 aromatic rings. The van der Waals surface area contributed by atoms with Crippen LogP contribution >= 0.6 is 0 Å². The molecular formula is C15H22F2N4O3S. The van der Waals surface area contributed by atoms with E-state index in [2.05, 4.69) is 5.32 Å². The molecule has 0 atom stereocenters. The standard InChI is InChI=1S/C15H22F2N4O3S/c1-19(2)25(23,24)21-9-7-20(8-10-21)6-5-15(22)18-12-3-4-13(16)14(17)11-12/h3-4,11H,5-10H2,1-2H3,(H,18,22). The van der Waals surface area contributed by atoms with Gasteiger partial charge in [0.15, 0.2) is 11.6 Å². The smallest absolute Gasteiger partial charge is 0.281 e. The summed E-state index contributed by atoms with van der Waals surface area (Å²) >= 11 is 0. The first-order valence-corrected chi connectivity index (χ1v) is 9.24. The van der Waals surface area contributed by atoms with Crippen LogP contribution in [0.4, 0.5) is 14.5 Å². The number of piperazine rings is 1. The predicted molar refractivity (Wildman–Crippen MR) is 90.2 cm³/mol. The Kier molecular flexibility index (Phi) is 6.44. The molecule has 1 aliphatic heterocycles. The molecule has 0 saturated carbocycles. The molecule has 0 bridgehead atoms. The topological polar surface area (TPSA) is 73.0 Å². The molecule has 1 aromatic carbocycles. The third-order valence-corrected chi connectivity index (χ3v) is 5.92. The third kappa shape index (κ3) is 5.18. The van der Waals surface area contributed by atoms with Crippen molar-refractivity contribution in [2.24, 2.45) is 0 Å². The number of carbonyl (C=O) groups is 1. The summed E-state index contributed by atoms with van der Waals surface area (Å²) in [6.07, 6.45) is 0.180. The average molecular weight is 376 g/mol. The molecule has 140 valence electrons. The van der Waals surface area contributed by atoms with Crippen LogP contribution in [-0.2, 0) is 15.0 Å². The van der Waals surface area contributed by atoms with E-state index in [4.69, 9.17) is 0 Å². The molecule has 25 heavy (non-hydrogen) atoms. The molecule has 7 nitrogen and oxygen atoms in total. The van der Waals surface area contributed by atoms with E-state index in [1.165, 1.54) is 28.8 Å². The van der Waals surface area contributed by atoms with Gasteiger partial charge in [0.05, 0.1) is 0 Å². The highest BCUT2D eigenvalue weighted by Gasteiger charge is 2.28. The van der Waals surface area contributed by atoms with Crippen LogP contribution in [-0.4, -0.2) is 74.7 Å². The maximum atomic E-state index is 13.1. The number of anilines is 1. The highest BCUT2D eigenvalue weighted by Crippen LogP contribution is 2.14. The summed E-state index contributed by atoms with van der Waals surface area (Å²) in [4.78, 5) is 13.9. The maximum Gasteiger partial charge on any atom is 0.281 e. The fourth-order valence-electron chi connectivity index (χ4n) is 2.47. The number of nitrogens with one attached hydrogen (secondary N) is 1. The summed E-state index contributed by atoms with van der Waals surface area (Å²) in [6.45, 7) is 2.26. The van der Waals surface area contributed by atoms with Crippen molar-refractivity contribution in [1.82, 2.24) is 13.5 Å². The number of hydrogen-bond acceptors (Lipinski definition) is 4. The molecule has 0 aliphatic carbocycles. The van der Waals surface area contributed by atoms with Gasteiger partial charge in [0.25, 0.3) is 10.2 Å². The lowest BCUT2D eigenvalue weighted by atomic mass is 10.2. The minimum absolute atomic E-state index is 0.180. The molecule has 2 rings (SSSR count). The largest absolute Gasteiger partial charge is 0.326 e. The number of rotatable bonds is 6. The molecule has 1 aliphatic rings. The van der Waals surface area contributed by atoms with Crippen molar-refractivity contribution in [3.8, 4) is 0 Å². The highest BCUT2D eigenvalue weighted by atomic mass is 32.2. The van der Waals surface area contributed by atoms with Gasteiger partial charge in [-0.25, -0.2) is 8.78 Å². The van der Waals surface area contributed by atoms with Crippen LogP contribution in [0.5, 0.6) is 0 Å². The monoisotopic (exact) mass is 376 g/mol. The van der Waals surface area contributed by atoms with Crippen molar-refractivity contribution >= 4 is 21.8 Å². The third-order valence-electron chi connectivity index (χ3n) is 3.98. The zero-order chi connectivity index (χ0) is 18.6. The van der Waals surface area contributed by atoms with E-state index < -0.39 is 21.8 Å². The first-order valence-electron chi connectivity index (χ1n) is 7.85. The van der Waals surface area contributed by atoms with Crippen LogP contribution in [0.3, 0.4) is 0 Å². The van der Waals surface area contributed by atoms with Gasteiger partial charge in [-0.05, 0) is 12.1 Å². The molecule has 0 spiro atoms. The quantitative estimate of drug-likeness (QED) is 0.794. The number of hydrogen-bond donors (Lipinski definition) is 1. The molecule has 0 aromatic heterocycles.